The Morgan fingerprint density at radius 3 is 1.68 bits per heavy atom. The van der Waals surface area contributed by atoms with Crippen LogP contribution >= 0.6 is 0 Å². The van der Waals surface area contributed by atoms with Gasteiger partial charge in [-0.25, -0.2) is 23.2 Å². The lowest BCUT2D eigenvalue weighted by Gasteiger charge is -2.32. The van der Waals surface area contributed by atoms with E-state index < -0.39 is 60.1 Å². The molecule has 0 rings (SSSR count). The number of aliphatic hydroxyl groups excluding tert-OH is 1. The van der Waals surface area contributed by atoms with Crippen LogP contribution in [0.1, 0.15) is 54.9 Å². The summed E-state index contributed by atoms with van der Waals surface area (Å²) < 4.78 is 42.4. The topological polar surface area (TPSA) is 102 Å². The molecule has 0 aliphatic heterocycles. The average Bonchev–Trinajstić information content (AvgIpc) is 2.49. The molecular formula is C18H29F2NO7. The van der Waals surface area contributed by atoms with E-state index >= 15 is 0 Å². The smallest absolute Gasteiger partial charge is 0.420 e. The fourth-order valence-electron chi connectivity index (χ4n) is 1.84. The maximum atomic E-state index is 14.0. The fraction of sp³-hybridized carbons (Fsp3) is 0.722. The van der Waals surface area contributed by atoms with Crippen LogP contribution in [0.3, 0.4) is 0 Å². The van der Waals surface area contributed by atoms with Crippen LogP contribution in [0.2, 0.25) is 0 Å². The highest BCUT2D eigenvalue weighted by molar-refractivity contribution is 5.94. The Morgan fingerprint density at radius 1 is 0.929 bits per heavy atom. The first kappa shape index (κ1) is 25.8. The third kappa shape index (κ3) is 9.12. The zero-order valence-corrected chi connectivity index (χ0v) is 17.3. The summed E-state index contributed by atoms with van der Waals surface area (Å²) >= 11 is 0. The Hall–Kier alpha value is -2.23. The van der Waals surface area contributed by atoms with Gasteiger partial charge in [0.05, 0.1) is 13.2 Å². The quantitative estimate of drug-likeness (QED) is 0.528. The number of rotatable bonds is 6. The molecule has 0 aliphatic carbocycles. The van der Waals surface area contributed by atoms with E-state index in [2.05, 4.69) is 0 Å². The summed E-state index contributed by atoms with van der Waals surface area (Å²) in [5, 5.41) is 8.74. The van der Waals surface area contributed by atoms with E-state index in [0.29, 0.717) is 0 Å². The second kappa shape index (κ2) is 10.4. The van der Waals surface area contributed by atoms with Gasteiger partial charge in [0.15, 0.2) is 11.9 Å². The summed E-state index contributed by atoms with van der Waals surface area (Å²) in [6, 6.07) is -1.90. The van der Waals surface area contributed by atoms with Crippen LogP contribution in [0.4, 0.5) is 18.4 Å². The maximum absolute atomic E-state index is 14.0. The summed E-state index contributed by atoms with van der Waals surface area (Å²) in [7, 11) is 0. The molecule has 0 saturated heterocycles. The first-order valence-electron chi connectivity index (χ1n) is 8.68. The largest absolute Gasteiger partial charge is 0.464 e. The number of amides is 2. The lowest BCUT2D eigenvalue weighted by atomic mass is 10.1. The lowest BCUT2D eigenvalue weighted by Crippen LogP contribution is -2.52. The van der Waals surface area contributed by atoms with E-state index in [4.69, 9.17) is 19.3 Å². The van der Waals surface area contributed by atoms with Gasteiger partial charge in [-0.05, 0) is 48.5 Å². The molecule has 0 heterocycles. The van der Waals surface area contributed by atoms with Crippen molar-refractivity contribution in [2.75, 3.05) is 13.2 Å². The van der Waals surface area contributed by atoms with Gasteiger partial charge in [0, 0.05) is 6.42 Å². The molecule has 0 radical (unpaired) electrons. The summed E-state index contributed by atoms with van der Waals surface area (Å²) in [6.07, 6.45) is -3.64. The first-order valence-corrected chi connectivity index (χ1v) is 8.68. The predicted octanol–water partition coefficient (Wildman–Crippen LogP) is 3.62. The molecule has 0 aromatic rings. The number of aliphatic hydroxyl groups is 1. The molecule has 0 spiro atoms. The molecule has 162 valence electrons. The average molecular weight is 409 g/mol. The normalized spacial score (nSPS) is 13.9. The van der Waals surface area contributed by atoms with E-state index in [1.54, 1.807) is 0 Å². The SMILES string of the molecule is CCOC(=O)C(CC(F)=C(F)CO)N(C(=O)OC(C)(C)C)C(=O)OC(C)(C)C. The van der Waals surface area contributed by atoms with Crippen molar-refractivity contribution in [2.24, 2.45) is 0 Å². The Balaban J connectivity index is 6.15. The van der Waals surface area contributed by atoms with Crippen molar-refractivity contribution >= 4 is 18.2 Å². The third-order valence-electron chi connectivity index (χ3n) is 2.86. The third-order valence-corrected chi connectivity index (χ3v) is 2.86. The number of nitrogens with zero attached hydrogens (tertiary/aromatic N) is 1. The lowest BCUT2D eigenvalue weighted by molar-refractivity contribution is -0.149. The minimum Gasteiger partial charge on any atom is -0.464 e. The fourth-order valence-corrected chi connectivity index (χ4v) is 1.84. The van der Waals surface area contributed by atoms with Crippen LogP contribution in [0.5, 0.6) is 0 Å². The number of hydrogen-bond acceptors (Lipinski definition) is 7. The minimum absolute atomic E-state index is 0.139. The van der Waals surface area contributed by atoms with Crippen molar-refractivity contribution in [3.8, 4) is 0 Å². The highest BCUT2D eigenvalue weighted by atomic mass is 19.2. The van der Waals surface area contributed by atoms with Crippen molar-refractivity contribution in [1.82, 2.24) is 4.90 Å². The molecule has 1 atom stereocenters. The predicted molar refractivity (Wildman–Crippen MR) is 95.7 cm³/mol. The van der Waals surface area contributed by atoms with Gasteiger partial charge in [-0.15, -0.1) is 0 Å². The van der Waals surface area contributed by atoms with E-state index in [-0.39, 0.29) is 11.5 Å². The molecule has 1 N–H and O–H groups in total. The van der Waals surface area contributed by atoms with E-state index in [1.807, 2.05) is 0 Å². The highest BCUT2D eigenvalue weighted by Crippen LogP contribution is 2.23. The number of imide groups is 1. The number of esters is 1. The van der Waals surface area contributed by atoms with Gasteiger partial charge in [-0.3, -0.25) is 0 Å². The molecule has 2 amide bonds. The summed E-state index contributed by atoms with van der Waals surface area (Å²) in [5.74, 6) is -4.22. The second-order valence-electron chi connectivity index (χ2n) is 7.77. The van der Waals surface area contributed by atoms with Crippen molar-refractivity contribution in [1.29, 1.82) is 0 Å². The van der Waals surface area contributed by atoms with Gasteiger partial charge in [-0.2, -0.15) is 4.90 Å². The molecule has 0 bridgehead atoms. The van der Waals surface area contributed by atoms with Crippen LogP contribution < -0.4 is 0 Å². The van der Waals surface area contributed by atoms with Crippen LogP contribution in [0.15, 0.2) is 11.7 Å². The van der Waals surface area contributed by atoms with Crippen molar-refractivity contribution < 1.29 is 42.5 Å². The summed E-state index contributed by atoms with van der Waals surface area (Å²) in [6.45, 7) is 9.17. The summed E-state index contributed by atoms with van der Waals surface area (Å²) in [5.41, 5.74) is -2.11. The molecule has 0 aliphatic rings. The number of carbonyl (C=O) groups is 3. The van der Waals surface area contributed by atoms with E-state index in [9.17, 15) is 23.2 Å². The van der Waals surface area contributed by atoms with Gasteiger partial charge in [0.2, 0.25) is 0 Å². The van der Waals surface area contributed by atoms with Gasteiger partial charge < -0.3 is 19.3 Å². The van der Waals surface area contributed by atoms with Gasteiger partial charge in [0.25, 0.3) is 0 Å². The Kier molecular flexibility index (Phi) is 9.53. The number of hydrogen-bond donors (Lipinski definition) is 1. The number of halogens is 2. The molecule has 0 fully saturated rings. The van der Waals surface area contributed by atoms with Crippen molar-refractivity contribution in [3.63, 3.8) is 0 Å². The standard InChI is InChI=1S/C18H29F2NO7/c1-8-26-14(23)13(9-11(19)12(20)10-22)21(15(24)27-17(2,3)4)16(25)28-18(5,6)7/h13,22H,8-10H2,1-7H3. The molecular weight excluding hydrogens is 380 g/mol. The first-order chi connectivity index (χ1) is 12.6. The van der Waals surface area contributed by atoms with Crippen LogP contribution in [-0.2, 0) is 19.0 Å². The number of carbonyl (C=O) groups excluding carboxylic acids is 3. The van der Waals surface area contributed by atoms with Crippen LogP contribution in [0.25, 0.3) is 0 Å². The van der Waals surface area contributed by atoms with Crippen molar-refractivity contribution in [2.45, 2.75) is 72.1 Å². The molecule has 0 saturated carbocycles. The van der Waals surface area contributed by atoms with Gasteiger partial charge in [0.1, 0.15) is 17.0 Å². The molecule has 0 aromatic heterocycles. The molecule has 10 heteroatoms. The molecule has 28 heavy (non-hydrogen) atoms. The van der Waals surface area contributed by atoms with Gasteiger partial charge >= 0.3 is 18.2 Å². The maximum Gasteiger partial charge on any atom is 0.420 e. The van der Waals surface area contributed by atoms with E-state index in [0.717, 1.165) is 0 Å². The Labute approximate surface area is 163 Å². The highest BCUT2D eigenvalue weighted by Gasteiger charge is 2.42. The molecule has 0 aromatic carbocycles. The van der Waals surface area contributed by atoms with Crippen LogP contribution in [-0.4, -0.2) is 58.6 Å². The zero-order valence-electron chi connectivity index (χ0n) is 17.3. The zero-order chi connectivity index (χ0) is 22.3. The molecule has 1 unspecified atom stereocenters. The Morgan fingerprint density at radius 2 is 1.36 bits per heavy atom. The van der Waals surface area contributed by atoms with E-state index in [1.165, 1.54) is 48.5 Å². The Bertz CT molecular complexity index is 578. The number of ether oxygens (including phenoxy) is 3. The summed E-state index contributed by atoms with van der Waals surface area (Å²) in [4.78, 5) is 37.7. The monoisotopic (exact) mass is 409 g/mol. The van der Waals surface area contributed by atoms with Gasteiger partial charge in [-0.1, -0.05) is 0 Å². The minimum atomic E-state index is -1.90. The molecule has 8 nitrogen and oxygen atoms in total. The second-order valence-corrected chi connectivity index (χ2v) is 7.77. The van der Waals surface area contributed by atoms with Crippen LogP contribution in [0, 0.1) is 0 Å². The van der Waals surface area contributed by atoms with Crippen molar-refractivity contribution in [3.05, 3.63) is 11.7 Å².